The van der Waals surface area contributed by atoms with Crippen molar-refractivity contribution in [3.05, 3.63) is 28.4 Å². The Labute approximate surface area is 113 Å². The second-order valence-electron chi connectivity index (χ2n) is 4.87. The molecule has 0 radical (unpaired) electrons. The fourth-order valence-electron chi connectivity index (χ4n) is 2.41. The number of aryl methyl sites for hydroxylation is 2. The lowest BCUT2D eigenvalue weighted by Crippen LogP contribution is -2.34. The standard InChI is InChI=1S/C13H14N4O3/c1-6-4-9-11(20-6)8-5-15-17(7(2)12(14)18)13(19)10(8)16(9)3/h4-5,7H,1-3H3,(H2,14,18). The van der Waals surface area contributed by atoms with Crippen LogP contribution in [0.5, 0.6) is 0 Å². The van der Waals surface area contributed by atoms with Crippen molar-refractivity contribution in [3.8, 4) is 0 Å². The van der Waals surface area contributed by atoms with E-state index in [1.54, 1.807) is 18.5 Å². The minimum atomic E-state index is -0.796. The van der Waals surface area contributed by atoms with Gasteiger partial charge in [-0.25, -0.2) is 4.68 Å². The van der Waals surface area contributed by atoms with E-state index in [0.29, 0.717) is 16.5 Å². The monoisotopic (exact) mass is 274 g/mol. The van der Waals surface area contributed by atoms with Crippen LogP contribution in [-0.2, 0) is 11.8 Å². The van der Waals surface area contributed by atoms with E-state index in [1.165, 1.54) is 6.20 Å². The smallest absolute Gasteiger partial charge is 0.292 e. The average Bonchev–Trinajstić information content (AvgIpc) is 2.88. The lowest BCUT2D eigenvalue weighted by molar-refractivity contribution is -0.121. The second kappa shape index (κ2) is 3.96. The van der Waals surface area contributed by atoms with E-state index in [1.807, 2.05) is 13.0 Å². The highest BCUT2D eigenvalue weighted by Crippen LogP contribution is 2.28. The van der Waals surface area contributed by atoms with Crippen molar-refractivity contribution in [2.45, 2.75) is 19.9 Å². The Balaban J connectivity index is 2.42. The topological polar surface area (TPSA) is 96.1 Å². The number of nitrogens with two attached hydrogens (primary N) is 1. The lowest BCUT2D eigenvalue weighted by Gasteiger charge is -2.09. The Morgan fingerprint density at radius 3 is 2.85 bits per heavy atom. The molecule has 0 saturated heterocycles. The van der Waals surface area contributed by atoms with Gasteiger partial charge in [-0.15, -0.1) is 0 Å². The third-order valence-corrected chi connectivity index (χ3v) is 3.53. The molecule has 0 fully saturated rings. The highest BCUT2D eigenvalue weighted by atomic mass is 16.3. The van der Waals surface area contributed by atoms with Crippen molar-refractivity contribution in [3.63, 3.8) is 0 Å². The third-order valence-electron chi connectivity index (χ3n) is 3.53. The highest BCUT2D eigenvalue weighted by Gasteiger charge is 2.20. The lowest BCUT2D eigenvalue weighted by atomic mass is 10.3. The first-order valence-corrected chi connectivity index (χ1v) is 6.17. The zero-order chi connectivity index (χ0) is 14.6. The number of hydrogen-bond acceptors (Lipinski definition) is 4. The fraction of sp³-hybridized carbons (Fsp3) is 0.308. The van der Waals surface area contributed by atoms with E-state index in [4.69, 9.17) is 10.2 Å². The van der Waals surface area contributed by atoms with Crippen LogP contribution in [-0.4, -0.2) is 20.3 Å². The van der Waals surface area contributed by atoms with Crippen molar-refractivity contribution < 1.29 is 9.21 Å². The number of carbonyl (C=O) groups excluding carboxylic acids is 1. The van der Waals surface area contributed by atoms with Crippen molar-refractivity contribution in [2.24, 2.45) is 12.8 Å². The molecule has 0 aliphatic carbocycles. The van der Waals surface area contributed by atoms with Crippen LogP contribution in [0.1, 0.15) is 18.7 Å². The maximum absolute atomic E-state index is 12.5. The van der Waals surface area contributed by atoms with Crippen LogP contribution in [0.3, 0.4) is 0 Å². The number of fused-ring (bicyclic) bond motifs is 3. The van der Waals surface area contributed by atoms with E-state index >= 15 is 0 Å². The summed E-state index contributed by atoms with van der Waals surface area (Å²) in [5, 5.41) is 4.66. The second-order valence-corrected chi connectivity index (χ2v) is 4.87. The number of amides is 1. The number of rotatable bonds is 2. The fourth-order valence-corrected chi connectivity index (χ4v) is 2.41. The molecular formula is C13H14N4O3. The predicted molar refractivity (Wildman–Crippen MR) is 73.4 cm³/mol. The zero-order valence-corrected chi connectivity index (χ0v) is 11.4. The molecule has 0 bridgehead atoms. The van der Waals surface area contributed by atoms with Crippen LogP contribution in [0.2, 0.25) is 0 Å². The maximum Gasteiger partial charge on any atom is 0.292 e. The van der Waals surface area contributed by atoms with Gasteiger partial charge in [0, 0.05) is 13.1 Å². The van der Waals surface area contributed by atoms with Crippen molar-refractivity contribution in [2.75, 3.05) is 0 Å². The Morgan fingerprint density at radius 1 is 1.50 bits per heavy atom. The SMILES string of the molecule is Cc1cc2c(o1)c1cnn(C(C)C(N)=O)c(=O)c1n2C. The van der Waals surface area contributed by atoms with E-state index in [-0.39, 0.29) is 5.56 Å². The first-order valence-electron chi connectivity index (χ1n) is 6.17. The Morgan fingerprint density at radius 2 is 2.20 bits per heavy atom. The Kier molecular flexibility index (Phi) is 2.47. The molecule has 2 N–H and O–H groups in total. The molecule has 104 valence electrons. The molecule has 3 aromatic heterocycles. The first kappa shape index (κ1) is 12.5. The van der Waals surface area contributed by atoms with Gasteiger partial charge in [-0.1, -0.05) is 0 Å². The van der Waals surface area contributed by atoms with Gasteiger partial charge in [0.25, 0.3) is 5.56 Å². The van der Waals surface area contributed by atoms with Gasteiger partial charge in [-0.05, 0) is 13.8 Å². The Bertz CT molecular complexity index is 900. The van der Waals surface area contributed by atoms with Gasteiger partial charge >= 0.3 is 0 Å². The molecule has 7 heteroatoms. The van der Waals surface area contributed by atoms with Gasteiger partial charge in [-0.3, -0.25) is 9.59 Å². The summed E-state index contributed by atoms with van der Waals surface area (Å²) in [5.41, 5.74) is 6.76. The van der Waals surface area contributed by atoms with Gasteiger partial charge in [0.15, 0.2) is 5.58 Å². The van der Waals surface area contributed by atoms with Crippen LogP contribution in [0.25, 0.3) is 22.0 Å². The molecule has 1 amide bonds. The van der Waals surface area contributed by atoms with Crippen molar-refractivity contribution in [1.29, 1.82) is 0 Å². The number of carbonyl (C=O) groups is 1. The van der Waals surface area contributed by atoms with E-state index in [0.717, 1.165) is 16.0 Å². The van der Waals surface area contributed by atoms with Gasteiger partial charge in [-0.2, -0.15) is 5.10 Å². The molecule has 1 unspecified atom stereocenters. The molecule has 20 heavy (non-hydrogen) atoms. The summed E-state index contributed by atoms with van der Waals surface area (Å²) in [5.74, 6) is 0.162. The van der Waals surface area contributed by atoms with Crippen LogP contribution < -0.4 is 11.3 Å². The molecule has 7 nitrogen and oxygen atoms in total. The maximum atomic E-state index is 12.5. The number of primary amides is 1. The number of aromatic nitrogens is 3. The normalized spacial score (nSPS) is 13.2. The van der Waals surface area contributed by atoms with Crippen LogP contribution in [0.4, 0.5) is 0 Å². The summed E-state index contributed by atoms with van der Waals surface area (Å²) < 4.78 is 8.44. The van der Waals surface area contributed by atoms with Crippen molar-refractivity contribution >= 4 is 27.9 Å². The first-order chi connectivity index (χ1) is 9.41. The van der Waals surface area contributed by atoms with Crippen LogP contribution >= 0.6 is 0 Å². The summed E-state index contributed by atoms with van der Waals surface area (Å²) in [7, 11) is 1.78. The van der Waals surface area contributed by atoms with E-state index in [9.17, 15) is 9.59 Å². The molecule has 0 aliphatic heterocycles. The van der Waals surface area contributed by atoms with Gasteiger partial charge in [0.05, 0.1) is 17.1 Å². The largest absolute Gasteiger partial charge is 0.459 e. The molecule has 0 saturated carbocycles. The number of nitrogens with zero attached hydrogens (tertiary/aromatic N) is 3. The molecule has 0 aliphatic rings. The quantitative estimate of drug-likeness (QED) is 0.748. The summed E-state index contributed by atoms with van der Waals surface area (Å²) >= 11 is 0. The summed E-state index contributed by atoms with van der Waals surface area (Å²) in [6, 6.07) is 1.06. The van der Waals surface area contributed by atoms with Crippen molar-refractivity contribution in [1.82, 2.24) is 14.3 Å². The molecular weight excluding hydrogens is 260 g/mol. The molecule has 3 heterocycles. The zero-order valence-electron chi connectivity index (χ0n) is 11.4. The summed E-state index contributed by atoms with van der Waals surface area (Å²) in [6.07, 6.45) is 1.53. The number of hydrogen-bond donors (Lipinski definition) is 1. The van der Waals surface area contributed by atoms with Gasteiger partial charge in [0.2, 0.25) is 5.91 Å². The molecule has 3 rings (SSSR count). The summed E-state index contributed by atoms with van der Waals surface area (Å²) in [4.78, 5) is 23.7. The predicted octanol–water partition coefficient (Wildman–Crippen LogP) is 0.836. The van der Waals surface area contributed by atoms with Crippen LogP contribution in [0.15, 0.2) is 21.5 Å². The molecule has 3 aromatic rings. The summed E-state index contributed by atoms with van der Waals surface area (Å²) in [6.45, 7) is 3.38. The van der Waals surface area contributed by atoms with Crippen LogP contribution in [0, 0.1) is 6.92 Å². The average molecular weight is 274 g/mol. The molecule has 0 spiro atoms. The van der Waals surface area contributed by atoms with Gasteiger partial charge < -0.3 is 14.7 Å². The highest BCUT2D eigenvalue weighted by molar-refractivity contribution is 6.04. The number of furan rings is 1. The minimum absolute atomic E-state index is 0.361. The third kappa shape index (κ3) is 1.49. The van der Waals surface area contributed by atoms with E-state index < -0.39 is 11.9 Å². The molecule has 1 atom stereocenters. The molecule has 0 aromatic carbocycles. The minimum Gasteiger partial charge on any atom is -0.459 e. The van der Waals surface area contributed by atoms with Gasteiger partial charge in [0.1, 0.15) is 17.3 Å². The Hall–Kier alpha value is -2.57. The van der Waals surface area contributed by atoms with E-state index in [2.05, 4.69) is 5.10 Å².